The Kier molecular flexibility index (Phi) is 5.06. The van der Waals surface area contributed by atoms with E-state index in [-0.39, 0.29) is 5.38 Å². The Bertz CT molecular complexity index is 414. The zero-order valence-corrected chi connectivity index (χ0v) is 12.7. The average Bonchev–Trinajstić information content (AvgIpc) is 2.41. The highest BCUT2D eigenvalue weighted by Crippen LogP contribution is 2.43. The van der Waals surface area contributed by atoms with Crippen molar-refractivity contribution in [1.82, 2.24) is 0 Å². The first-order chi connectivity index (χ1) is 8.63. The molecule has 1 aliphatic rings. The summed E-state index contributed by atoms with van der Waals surface area (Å²) in [5, 5.41) is 1.15. The molecule has 0 saturated heterocycles. The molecule has 1 atom stereocenters. The van der Waals surface area contributed by atoms with Crippen LogP contribution in [0.5, 0.6) is 5.75 Å². The highest BCUT2D eigenvalue weighted by Gasteiger charge is 2.25. The summed E-state index contributed by atoms with van der Waals surface area (Å²) in [6.45, 7) is 0. The number of ether oxygens (including phenoxy) is 1. The highest BCUT2D eigenvalue weighted by molar-refractivity contribution is 6.35. The third-order valence-corrected chi connectivity index (χ3v) is 4.85. The summed E-state index contributed by atoms with van der Waals surface area (Å²) in [4.78, 5) is 0. The van der Waals surface area contributed by atoms with E-state index in [4.69, 9.17) is 39.5 Å². The van der Waals surface area contributed by atoms with E-state index in [1.54, 1.807) is 13.2 Å². The molecule has 0 aromatic heterocycles. The van der Waals surface area contributed by atoms with Gasteiger partial charge >= 0.3 is 0 Å². The van der Waals surface area contributed by atoms with E-state index in [1.165, 1.54) is 32.1 Å². The van der Waals surface area contributed by atoms with Crippen molar-refractivity contribution < 1.29 is 4.74 Å². The monoisotopic (exact) mass is 306 g/mol. The Labute approximate surface area is 123 Å². The second-order valence-electron chi connectivity index (χ2n) is 4.81. The summed E-state index contributed by atoms with van der Waals surface area (Å²) in [7, 11) is 1.58. The second-order valence-corrected chi connectivity index (χ2v) is 6.09. The minimum absolute atomic E-state index is 0.0544. The van der Waals surface area contributed by atoms with Gasteiger partial charge in [0.15, 0.2) is 0 Å². The molecule has 18 heavy (non-hydrogen) atoms. The lowest BCUT2D eigenvalue weighted by Gasteiger charge is -2.27. The molecule has 1 fully saturated rings. The average molecular weight is 308 g/mol. The molecule has 0 bridgehead atoms. The van der Waals surface area contributed by atoms with Gasteiger partial charge < -0.3 is 4.74 Å². The lowest BCUT2D eigenvalue weighted by molar-refractivity contribution is 0.348. The van der Waals surface area contributed by atoms with Crippen LogP contribution in [0.1, 0.15) is 43.0 Å². The summed E-state index contributed by atoms with van der Waals surface area (Å²) in [6.07, 6.45) is 6.18. The van der Waals surface area contributed by atoms with Gasteiger partial charge in [0.2, 0.25) is 0 Å². The molecule has 1 nitrogen and oxygen atoms in total. The van der Waals surface area contributed by atoms with Gasteiger partial charge in [0.05, 0.1) is 17.5 Å². The van der Waals surface area contributed by atoms with Crippen molar-refractivity contribution in [3.8, 4) is 5.75 Å². The van der Waals surface area contributed by atoms with Crippen LogP contribution in [-0.2, 0) is 0 Å². The van der Waals surface area contributed by atoms with Gasteiger partial charge in [0.1, 0.15) is 5.75 Å². The Hall–Kier alpha value is -0.110. The molecule has 0 aliphatic heterocycles. The minimum Gasteiger partial charge on any atom is -0.495 e. The number of benzene rings is 1. The van der Waals surface area contributed by atoms with Gasteiger partial charge in [-0.15, -0.1) is 11.6 Å². The molecule has 0 N–H and O–H groups in total. The van der Waals surface area contributed by atoms with Gasteiger partial charge in [-0.1, -0.05) is 42.5 Å². The van der Waals surface area contributed by atoms with Gasteiger partial charge in [-0.05, 0) is 30.4 Å². The topological polar surface area (TPSA) is 9.23 Å². The number of methoxy groups -OCH3 is 1. The summed E-state index contributed by atoms with van der Waals surface area (Å²) in [6, 6.07) is 3.59. The first kappa shape index (κ1) is 14.3. The zero-order chi connectivity index (χ0) is 13.1. The number of alkyl halides is 1. The predicted molar refractivity (Wildman–Crippen MR) is 78.2 cm³/mol. The Morgan fingerprint density at radius 3 is 2.39 bits per heavy atom. The molecule has 4 heteroatoms. The summed E-state index contributed by atoms with van der Waals surface area (Å²) in [5.74, 6) is 1.10. The summed E-state index contributed by atoms with van der Waals surface area (Å²) >= 11 is 19.0. The smallest absolute Gasteiger partial charge is 0.138 e. The van der Waals surface area contributed by atoms with E-state index in [2.05, 4.69) is 0 Å². The fraction of sp³-hybridized carbons (Fsp3) is 0.571. The maximum absolute atomic E-state index is 6.57. The normalized spacial score (nSPS) is 18.7. The van der Waals surface area contributed by atoms with Crippen LogP contribution in [0, 0.1) is 5.92 Å². The minimum atomic E-state index is -0.0544. The van der Waals surface area contributed by atoms with Crippen LogP contribution < -0.4 is 4.74 Å². The van der Waals surface area contributed by atoms with E-state index in [0.717, 1.165) is 5.56 Å². The third-order valence-electron chi connectivity index (χ3n) is 3.63. The third kappa shape index (κ3) is 3.07. The number of hydrogen-bond acceptors (Lipinski definition) is 1. The van der Waals surface area contributed by atoms with Gasteiger partial charge in [0, 0.05) is 11.1 Å². The van der Waals surface area contributed by atoms with E-state index < -0.39 is 0 Å². The first-order valence-corrected chi connectivity index (χ1v) is 7.49. The maximum atomic E-state index is 6.57. The summed E-state index contributed by atoms with van der Waals surface area (Å²) < 4.78 is 5.15. The molecule has 1 aromatic carbocycles. The van der Waals surface area contributed by atoms with Crippen molar-refractivity contribution in [2.24, 2.45) is 5.92 Å². The molecule has 100 valence electrons. The van der Waals surface area contributed by atoms with Crippen molar-refractivity contribution in [2.45, 2.75) is 37.5 Å². The molecule has 1 aliphatic carbocycles. The summed E-state index contributed by atoms with van der Waals surface area (Å²) in [5.41, 5.74) is 0.927. The van der Waals surface area contributed by atoms with Crippen LogP contribution in [0.15, 0.2) is 12.1 Å². The molecule has 1 unspecified atom stereocenters. The van der Waals surface area contributed by atoms with Crippen molar-refractivity contribution in [3.05, 3.63) is 27.7 Å². The lowest BCUT2D eigenvalue weighted by atomic mass is 9.84. The van der Waals surface area contributed by atoms with Crippen molar-refractivity contribution in [3.63, 3.8) is 0 Å². The molecule has 2 rings (SSSR count). The molecular weight excluding hydrogens is 291 g/mol. The van der Waals surface area contributed by atoms with Crippen molar-refractivity contribution in [1.29, 1.82) is 0 Å². The molecule has 1 aromatic rings. The SMILES string of the molecule is COc1cc(Cl)c(C(Cl)C2CCCCC2)cc1Cl. The molecule has 1 saturated carbocycles. The van der Waals surface area contributed by atoms with Crippen LogP contribution in [0.2, 0.25) is 10.0 Å². The van der Waals surface area contributed by atoms with E-state index >= 15 is 0 Å². The first-order valence-electron chi connectivity index (χ1n) is 6.30. The fourth-order valence-electron chi connectivity index (χ4n) is 2.59. The van der Waals surface area contributed by atoms with Crippen LogP contribution in [0.25, 0.3) is 0 Å². The highest BCUT2D eigenvalue weighted by atomic mass is 35.5. The lowest BCUT2D eigenvalue weighted by Crippen LogP contribution is -2.12. The molecular formula is C14H17Cl3O. The Morgan fingerprint density at radius 1 is 1.11 bits per heavy atom. The number of hydrogen-bond donors (Lipinski definition) is 0. The van der Waals surface area contributed by atoms with Crippen LogP contribution >= 0.6 is 34.8 Å². The van der Waals surface area contributed by atoms with Crippen LogP contribution in [-0.4, -0.2) is 7.11 Å². The Morgan fingerprint density at radius 2 is 1.78 bits per heavy atom. The van der Waals surface area contributed by atoms with Crippen molar-refractivity contribution in [2.75, 3.05) is 7.11 Å². The van der Waals surface area contributed by atoms with E-state index in [9.17, 15) is 0 Å². The van der Waals surface area contributed by atoms with Gasteiger partial charge in [-0.3, -0.25) is 0 Å². The van der Waals surface area contributed by atoms with Crippen LogP contribution in [0.4, 0.5) is 0 Å². The van der Waals surface area contributed by atoms with Gasteiger partial charge in [0.25, 0.3) is 0 Å². The number of halogens is 3. The van der Waals surface area contributed by atoms with Gasteiger partial charge in [-0.2, -0.15) is 0 Å². The Balaban J connectivity index is 2.23. The van der Waals surface area contributed by atoms with E-state index in [0.29, 0.717) is 21.7 Å². The van der Waals surface area contributed by atoms with Crippen LogP contribution in [0.3, 0.4) is 0 Å². The molecule has 0 amide bonds. The van der Waals surface area contributed by atoms with Crippen molar-refractivity contribution >= 4 is 34.8 Å². The quantitative estimate of drug-likeness (QED) is 0.635. The fourth-order valence-corrected chi connectivity index (χ4v) is 3.60. The predicted octanol–water partition coefficient (Wildman–Crippen LogP) is 5.86. The molecule has 0 heterocycles. The number of rotatable bonds is 3. The standard InChI is InChI=1S/C14H17Cl3O/c1-18-13-8-11(15)10(7-12(13)16)14(17)9-5-3-2-4-6-9/h7-9,14H,2-6H2,1H3. The molecule has 0 spiro atoms. The maximum Gasteiger partial charge on any atom is 0.138 e. The zero-order valence-electron chi connectivity index (χ0n) is 10.4. The molecule has 0 radical (unpaired) electrons. The van der Waals surface area contributed by atoms with Gasteiger partial charge in [-0.25, -0.2) is 0 Å². The van der Waals surface area contributed by atoms with E-state index in [1.807, 2.05) is 6.07 Å². The largest absolute Gasteiger partial charge is 0.495 e. The second kappa shape index (κ2) is 6.36.